The van der Waals surface area contributed by atoms with Crippen LogP contribution >= 0.6 is 0 Å². The minimum Gasteiger partial charge on any atom is -0.438 e. The van der Waals surface area contributed by atoms with Gasteiger partial charge >= 0.3 is 11.8 Å². The van der Waals surface area contributed by atoms with Crippen LogP contribution < -0.4 is 4.74 Å². The standard InChI is InChI=1S/C17H15FN6O4/c1-17(9-23-7-14(24(25)26)21-16(23)28-17)8-22-5-12-13(6-22)27-15(20-12)11-3-2-10(18)4-19-11/h2-4,7H,5-6,8-9H2,1H3/t17-/m0/s1. The van der Waals surface area contributed by atoms with E-state index in [-0.39, 0.29) is 11.8 Å². The highest BCUT2D eigenvalue weighted by atomic mass is 19.1. The minimum atomic E-state index is -0.553. The lowest BCUT2D eigenvalue weighted by Crippen LogP contribution is -2.43. The largest absolute Gasteiger partial charge is 0.438 e. The molecule has 11 heteroatoms. The average molecular weight is 386 g/mol. The van der Waals surface area contributed by atoms with Gasteiger partial charge in [0.25, 0.3) is 0 Å². The summed E-state index contributed by atoms with van der Waals surface area (Å²) in [5.41, 5.74) is 0.749. The van der Waals surface area contributed by atoms with Crippen LogP contribution in [0.5, 0.6) is 6.01 Å². The molecule has 10 nitrogen and oxygen atoms in total. The maximum Gasteiger partial charge on any atom is 0.415 e. The van der Waals surface area contributed by atoms with E-state index in [2.05, 4.69) is 19.9 Å². The van der Waals surface area contributed by atoms with E-state index in [1.54, 1.807) is 4.57 Å². The molecular weight excluding hydrogens is 371 g/mol. The minimum absolute atomic E-state index is 0.219. The molecule has 5 rings (SSSR count). The molecule has 2 aliphatic heterocycles. The molecule has 0 N–H and O–H groups in total. The highest BCUT2D eigenvalue weighted by Gasteiger charge is 2.42. The number of aromatic nitrogens is 4. The summed E-state index contributed by atoms with van der Waals surface area (Å²) < 4.78 is 26.3. The molecule has 3 aromatic rings. The number of fused-ring (bicyclic) bond motifs is 2. The number of oxazole rings is 1. The van der Waals surface area contributed by atoms with Crippen molar-refractivity contribution in [1.29, 1.82) is 0 Å². The quantitative estimate of drug-likeness (QED) is 0.495. The van der Waals surface area contributed by atoms with E-state index in [1.165, 1.54) is 18.3 Å². The van der Waals surface area contributed by atoms with Crippen molar-refractivity contribution in [2.24, 2.45) is 0 Å². The fourth-order valence-corrected chi connectivity index (χ4v) is 3.66. The van der Waals surface area contributed by atoms with Gasteiger partial charge in [0.05, 0.1) is 25.0 Å². The third-order valence-electron chi connectivity index (χ3n) is 4.78. The Hall–Kier alpha value is -3.34. The molecule has 0 unspecified atom stereocenters. The third kappa shape index (κ3) is 2.80. The smallest absolute Gasteiger partial charge is 0.415 e. The van der Waals surface area contributed by atoms with Gasteiger partial charge in [-0.3, -0.25) is 9.47 Å². The Morgan fingerprint density at radius 3 is 2.89 bits per heavy atom. The molecule has 144 valence electrons. The molecular formula is C17H15FN6O4. The van der Waals surface area contributed by atoms with Crippen LogP contribution in [-0.4, -0.2) is 41.5 Å². The summed E-state index contributed by atoms with van der Waals surface area (Å²) >= 11 is 0. The zero-order valence-electron chi connectivity index (χ0n) is 14.8. The van der Waals surface area contributed by atoms with Crippen LogP contribution in [0.15, 0.2) is 28.9 Å². The van der Waals surface area contributed by atoms with Crippen LogP contribution in [0.1, 0.15) is 18.4 Å². The van der Waals surface area contributed by atoms with Gasteiger partial charge in [0.1, 0.15) is 29.1 Å². The molecule has 0 saturated heterocycles. The van der Waals surface area contributed by atoms with Crippen LogP contribution in [0.2, 0.25) is 0 Å². The van der Waals surface area contributed by atoms with Crippen LogP contribution in [0.3, 0.4) is 0 Å². The Bertz CT molecular complexity index is 1030. The predicted molar refractivity (Wildman–Crippen MR) is 91.7 cm³/mol. The van der Waals surface area contributed by atoms with E-state index in [0.29, 0.717) is 37.8 Å². The second-order valence-corrected chi connectivity index (χ2v) is 7.21. The van der Waals surface area contributed by atoms with Crippen molar-refractivity contribution in [2.75, 3.05) is 6.54 Å². The molecule has 0 amide bonds. The first kappa shape index (κ1) is 16.8. The molecule has 3 aromatic heterocycles. The number of ether oxygens (including phenoxy) is 1. The van der Waals surface area contributed by atoms with Crippen molar-refractivity contribution < 1.29 is 18.5 Å². The summed E-state index contributed by atoms with van der Waals surface area (Å²) in [7, 11) is 0. The second kappa shape index (κ2) is 5.83. The zero-order valence-corrected chi connectivity index (χ0v) is 14.8. The Morgan fingerprint density at radius 1 is 1.36 bits per heavy atom. The average Bonchev–Trinajstić information content (AvgIpc) is 3.33. The number of rotatable bonds is 4. The van der Waals surface area contributed by atoms with Crippen molar-refractivity contribution in [2.45, 2.75) is 32.2 Å². The zero-order chi connectivity index (χ0) is 19.5. The summed E-state index contributed by atoms with van der Waals surface area (Å²) in [6.07, 6.45) is 2.51. The molecule has 2 aliphatic rings. The van der Waals surface area contributed by atoms with Crippen LogP contribution in [0.25, 0.3) is 11.6 Å². The Balaban J connectivity index is 1.26. The summed E-state index contributed by atoms with van der Waals surface area (Å²) in [6, 6.07) is 3.10. The van der Waals surface area contributed by atoms with Gasteiger partial charge in [-0.05, 0) is 24.0 Å². The number of nitrogens with zero attached hydrogens (tertiary/aromatic N) is 6. The second-order valence-electron chi connectivity index (χ2n) is 7.21. The van der Waals surface area contributed by atoms with Gasteiger partial charge in [0.15, 0.2) is 0 Å². The molecule has 5 heterocycles. The molecule has 0 radical (unpaired) electrons. The molecule has 0 bridgehead atoms. The fraction of sp³-hybridized carbons (Fsp3) is 0.353. The molecule has 1 atom stereocenters. The molecule has 0 fully saturated rings. The highest BCUT2D eigenvalue weighted by molar-refractivity contribution is 5.47. The van der Waals surface area contributed by atoms with Gasteiger partial charge < -0.3 is 19.3 Å². The van der Waals surface area contributed by atoms with E-state index < -0.39 is 16.3 Å². The molecule has 0 aromatic carbocycles. The Morgan fingerprint density at radius 2 is 2.21 bits per heavy atom. The van der Waals surface area contributed by atoms with Gasteiger partial charge in [-0.2, -0.15) is 0 Å². The van der Waals surface area contributed by atoms with Gasteiger partial charge in [-0.25, -0.2) is 14.4 Å². The van der Waals surface area contributed by atoms with Crippen molar-refractivity contribution in [1.82, 2.24) is 24.4 Å². The summed E-state index contributed by atoms with van der Waals surface area (Å²) in [5.74, 6) is 0.490. The van der Waals surface area contributed by atoms with Crippen LogP contribution in [-0.2, 0) is 19.6 Å². The third-order valence-corrected chi connectivity index (χ3v) is 4.78. The summed E-state index contributed by atoms with van der Waals surface area (Å²) in [6.45, 7) is 4.14. The SMILES string of the molecule is C[C@]1(CN2Cc3nc(-c4ccc(F)cn4)oc3C2)Cn2cc([N+](=O)[O-])nc2O1. The first-order valence-corrected chi connectivity index (χ1v) is 8.62. The van der Waals surface area contributed by atoms with E-state index in [1.807, 2.05) is 6.92 Å². The lowest BCUT2D eigenvalue weighted by atomic mass is 10.1. The van der Waals surface area contributed by atoms with Crippen LogP contribution in [0.4, 0.5) is 10.2 Å². The summed E-state index contributed by atoms with van der Waals surface area (Å²) in [4.78, 5) is 24.8. The lowest BCUT2D eigenvalue weighted by Gasteiger charge is -2.27. The van der Waals surface area contributed by atoms with Gasteiger partial charge in [-0.15, -0.1) is 0 Å². The molecule has 0 saturated carbocycles. The Labute approximate surface area is 157 Å². The maximum atomic E-state index is 13.0. The monoisotopic (exact) mass is 386 g/mol. The van der Waals surface area contributed by atoms with Crippen molar-refractivity contribution >= 4 is 5.82 Å². The van der Waals surface area contributed by atoms with E-state index in [4.69, 9.17) is 9.15 Å². The number of imidazole rings is 1. The first-order chi connectivity index (χ1) is 13.4. The van der Waals surface area contributed by atoms with Gasteiger partial charge in [0.2, 0.25) is 5.89 Å². The van der Waals surface area contributed by atoms with E-state index in [0.717, 1.165) is 17.7 Å². The van der Waals surface area contributed by atoms with Crippen molar-refractivity contribution in [3.05, 3.63) is 51.9 Å². The molecule has 28 heavy (non-hydrogen) atoms. The molecule has 0 aliphatic carbocycles. The number of hydrogen-bond donors (Lipinski definition) is 0. The lowest BCUT2D eigenvalue weighted by molar-refractivity contribution is -0.389. The van der Waals surface area contributed by atoms with Crippen LogP contribution in [0, 0.1) is 15.9 Å². The van der Waals surface area contributed by atoms with Gasteiger partial charge in [-0.1, -0.05) is 0 Å². The first-order valence-electron chi connectivity index (χ1n) is 8.62. The highest BCUT2D eigenvalue weighted by Crippen LogP contribution is 2.34. The predicted octanol–water partition coefficient (Wildman–Crippen LogP) is 2.15. The number of nitro groups is 1. The van der Waals surface area contributed by atoms with Crippen molar-refractivity contribution in [3.8, 4) is 17.6 Å². The molecule has 0 spiro atoms. The topological polar surface area (TPSA) is 112 Å². The normalized spacial score (nSPS) is 20.8. The summed E-state index contributed by atoms with van der Waals surface area (Å²) in [5, 5.41) is 10.8. The van der Waals surface area contributed by atoms with E-state index in [9.17, 15) is 14.5 Å². The maximum absolute atomic E-state index is 13.0. The Kier molecular flexibility index (Phi) is 3.50. The number of pyridine rings is 1. The number of halogens is 1. The number of hydrogen-bond acceptors (Lipinski definition) is 8. The van der Waals surface area contributed by atoms with E-state index >= 15 is 0 Å². The fourth-order valence-electron chi connectivity index (χ4n) is 3.66. The van der Waals surface area contributed by atoms with Gasteiger partial charge in [0, 0.05) is 18.1 Å². The van der Waals surface area contributed by atoms with Crippen molar-refractivity contribution in [3.63, 3.8) is 0 Å².